The van der Waals surface area contributed by atoms with Crippen molar-refractivity contribution in [2.75, 3.05) is 19.8 Å². The van der Waals surface area contributed by atoms with Gasteiger partial charge in [-0.2, -0.15) is 0 Å². The highest BCUT2D eigenvalue weighted by molar-refractivity contribution is 5.71. The number of benzene rings is 1. The molecule has 94 valence electrons. The van der Waals surface area contributed by atoms with Crippen molar-refractivity contribution in [3.05, 3.63) is 35.9 Å². The van der Waals surface area contributed by atoms with Crippen LogP contribution in [0.15, 0.2) is 30.3 Å². The van der Waals surface area contributed by atoms with E-state index in [1.807, 2.05) is 37.3 Å². The SMILES string of the molecule is CCOC(=O)CNC(C)(CO)c1ccccc1. The second-order valence-electron chi connectivity index (χ2n) is 4.01. The number of aliphatic hydroxyl groups is 1. The molecule has 0 saturated heterocycles. The summed E-state index contributed by atoms with van der Waals surface area (Å²) in [4.78, 5) is 11.3. The van der Waals surface area contributed by atoms with Gasteiger partial charge in [-0.1, -0.05) is 30.3 Å². The molecule has 4 heteroatoms. The maximum atomic E-state index is 11.3. The van der Waals surface area contributed by atoms with E-state index in [0.29, 0.717) is 6.61 Å². The van der Waals surface area contributed by atoms with Crippen molar-refractivity contribution in [2.45, 2.75) is 19.4 Å². The second-order valence-corrected chi connectivity index (χ2v) is 4.01. The Bertz CT molecular complexity index is 353. The molecule has 1 aromatic carbocycles. The molecule has 1 aromatic rings. The molecule has 0 fully saturated rings. The predicted octanol–water partition coefficient (Wildman–Crippen LogP) is 1.05. The van der Waals surface area contributed by atoms with Gasteiger partial charge < -0.3 is 9.84 Å². The number of ether oxygens (including phenoxy) is 1. The fourth-order valence-electron chi connectivity index (χ4n) is 1.53. The number of hydrogen-bond acceptors (Lipinski definition) is 4. The minimum atomic E-state index is -0.631. The molecular weight excluding hydrogens is 218 g/mol. The van der Waals surface area contributed by atoms with Gasteiger partial charge in [0.2, 0.25) is 0 Å². The van der Waals surface area contributed by atoms with Crippen molar-refractivity contribution < 1.29 is 14.6 Å². The molecule has 2 N–H and O–H groups in total. The first kappa shape index (κ1) is 13.7. The van der Waals surface area contributed by atoms with Crippen LogP contribution in [0.1, 0.15) is 19.4 Å². The van der Waals surface area contributed by atoms with Crippen LogP contribution in [0.5, 0.6) is 0 Å². The van der Waals surface area contributed by atoms with Crippen molar-refractivity contribution in [3.8, 4) is 0 Å². The van der Waals surface area contributed by atoms with E-state index in [9.17, 15) is 9.90 Å². The van der Waals surface area contributed by atoms with Crippen LogP contribution in [0.2, 0.25) is 0 Å². The van der Waals surface area contributed by atoms with Crippen molar-refractivity contribution >= 4 is 5.97 Å². The number of carbonyl (C=O) groups excluding carboxylic acids is 1. The molecule has 0 saturated carbocycles. The molecule has 1 rings (SSSR count). The largest absolute Gasteiger partial charge is 0.465 e. The predicted molar refractivity (Wildman–Crippen MR) is 65.5 cm³/mol. The van der Waals surface area contributed by atoms with Crippen molar-refractivity contribution in [1.82, 2.24) is 5.32 Å². The third-order valence-corrected chi connectivity index (χ3v) is 2.66. The van der Waals surface area contributed by atoms with Gasteiger partial charge in [0, 0.05) is 0 Å². The van der Waals surface area contributed by atoms with Gasteiger partial charge in [0.05, 0.1) is 25.3 Å². The average molecular weight is 237 g/mol. The van der Waals surface area contributed by atoms with Gasteiger partial charge in [-0.15, -0.1) is 0 Å². The Balaban J connectivity index is 2.67. The number of carbonyl (C=O) groups is 1. The first-order chi connectivity index (χ1) is 8.12. The van der Waals surface area contributed by atoms with Gasteiger partial charge in [0.15, 0.2) is 0 Å². The number of nitrogens with one attached hydrogen (secondary N) is 1. The number of aliphatic hydroxyl groups excluding tert-OH is 1. The van der Waals surface area contributed by atoms with Crippen LogP contribution in [0.25, 0.3) is 0 Å². The van der Waals surface area contributed by atoms with E-state index < -0.39 is 5.54 Å². The molecule has 1 unspecified atom stereocenters. The van der Waals surface area contributed by atoms with Gasteiger partial charge in [-0.25, -0.2) is 0 Å². The van der Waals surface area contributed by atoms with Crippen LogP contribution >= 0.6 is 0 Å². The molecule has 0 spiro atoms. The Hall–Kier alpha value is -1.39. The Kier molecular flexibility index (Phi) is 5.12. The molecule has 0 heterocycles. The molecule has 0 aliphatic heterocycles. The zero-order valence-corrected chi connectivity index (χ0v) is 10.3. The summed E-state index contributed by atoms with van der Waals surface area (Å²) in [5.74, 6) is -0.317. The lowest BCUT2D eigenvalue weighted by Crippen LogP contribution is -2.45. The molecule has 1 atom stereocenters. The lowest BCUT2D eigenvalue weighted by Gasteiger charge is -2.29. The molecule has 0 radical (unpaired) electrons. The summed E-state index contributed by atoms with van der Waals surface area (Å²) in [5.41, 5.74) is 0.306. The van der Waals surface area contributed by atoms with E-state index >= 15 is 0 Å². The first-order valence-corrected chi connectivity index (χ1v) is 5.69. The number of esters is 1. The van der Waals surface area contributed by atoms with E-state index in [2.05, 4.69) is 5.32 Å². The van der Waals surface area contributed by atoms with Gasteiger partial charge in [-0.3, -0.25) is 10.1 Å². The lowest BCUT2D eigenvalue weighted by molar-refractivity contribution is -0.142. The first-order valence-electron chi connectivity index (χ1n) is 5.69. The van der Waals surface area contributed by atoms with Crippen molar-refractivity contribution in [2.24, 2.45) is 0 Å². The molecule has 4 nitrogen and oxygen atoms in total. The maximum Gasteiger partial charge on any atom is 0.319 e. The Morgan fingerprint density at radius 1 is 1.41 bits per heavy atom. The monoisotopic (exact) mass is 237 g/mol. The number of hydrogen-bond donors (Lipinski definition) is 2. The highest BCUT2D eigenvalue weighted by Gasteiger charge is 2.25. The third-order valence-electron chi connectivity index (χ3n) is 2.66. The van der Waals surface area contributed by atoms with Crippen LogP contribution in [0, 0.1) is 0 Å². The van der Waals surface area contributed by atoms with Crippen LogP contribution < -0.4 is 5.32 Å². The number of rotatable bonds is 6. The maximum absolute atomic E-state index is 11.3. The van der Waals surface area contributed by atoms with Crippen LogP contribution in [-0.4, -0.2) is 30.8 Å². The summed E-state index contributed by atoms with van der Waals surface area (Å²) < 4.78 is 4.83. The quantitative estimate of drug-likeness (QED) is 0.726. The Morgan fingerprint density at radius 3 is 2.59 bits per heavy atom. The van der Waals surface area contributed by atoms with Gasteiger partial charge in [0.1, 0.15) is 0 Å². The smallest absolute Gasteiger partial charge is 0.319 e. The normalized spacial score (nSPS) is 14.1. The Morgan fingerprint density at radius 2 is 2.06 bits per heavy atom. The topological polar surface area (TPSA) is 58.6 Å². The van der Waals surface area contributed by atoms with Crippen LogP contribution in [-0.2, 0) is 15.1 Å². The minimum absolute atomic E-state index is 0.0831. The van der Waals surface area contributed by atoms with Crippen LogP contribution in [0.4, 0.5) is 0 Å². The summed E-state index contributed by atoms with van der Waals surface area (Å²) in [7, 11) is 0. The fraction of sp³-hybridized carbons (Fsp3) is 0.462. The van der Waals surface area contributed by atoms with Gasteiger partial charge >= 0.3 is 5.97 Å². The average Bonchev–Trinajstić information content (AvgIpc) is 2.37. The molecule has 0 aliphatic rings. The lowest BCUT2D eigenvalue weighted by atomic mass is 9.93. The molecule has 0 aliphatic carbocycles. The summed E-state index contributed by atoms with van der Waals surface area (Å²) in [6.45, 7) is 3.97. The molecule has 0 bridgehead atoms. The van der Waals surface area contributed by atoms with Crippen LogP contribution in [0.3, 0.4) is 0 Å². The summed E-state index contributed by atoms with van der Waals surface area (Å²) in [6, 6.07) is 9.53. The van der Waals surface area contributed by atoms with E-state index in [1.165, 1.54) is 0 Å². The second kappa shape index (κ2) is 6.37. The summed E-state index contributed by atoms with van der Waals surface area (Å²) in [6.07, 6.45) is 0. The Labute approximate surface area is 102 Å². The van der Waals surface area contributed by atoms with E-state index in [0.717, 1.165) is 5.56 Å². The van der Waals surface area contributed by atoms with E-state index in [1.54, 1.807) is 6.92 Å². The standard InChI is InChI=1S/C13H19NO3/c1-3-17-12(16)9-14-13(2,10-15)11-7-5-4-6-8-11/h4-8,14-15H,3,9-10H2,1-2H3. The van der Waals surface area contributed by atoms with E-state index in [-0.39, 0.29) is 19.1 Å². The van der Waals surface area contributed by atoms with Gasteiger partial charge in [0.25, 0.3) is 0 Å². The molecule has 17 heavy (non-hydrogen) atoms. The highest BCUT2D eigenvalue weighted by Crippen LogP contribution is 2.19. The van der Waals surface area contributed by atoms with Crippen molar-refractivity contribution in [1.29, 1.82) is 0 Å². The van der Waals surface area contributed by atoms with E-state index in [4.69, 9.17) is 4.74 Å². The fourth-order valence-corrected chi connectivity index (χ4v) is 1.53. The summed E-state index contributed by atoms with van der Waals surface area (Å²) >= 11 is 0. The molecule has 0 aromatic heterocycles. The minimum Gasteiger partial charge on any atom is -0.465 e. The van der Waals surface area contributed by atoms with Crippen molar-refractivity contribution in [3.63, 3.8) is 0 Å². The van der Waals surface area contributed by atoms with Gasteiger partial charge in [-0.05, 0) is 19.4 Å². The zero-order chi connectivity index (χ0) is 12.7. The molecule has 0 amide bonds. The summed E-state index contributed by atoms with van der Waals surface area (Å²) in [5, 5.41) is 12.5. The zero-order valence-electron chi connectivity index (χ0n) is 10.3. The highest BCUT2D eigenvalue weighted by atomic mass is 16.5. The molecular formula is C13H19NO3. The third kappa shape index (κ3) is 3.84.